The van der Waals surface area contributed by atoms with Gasteiger partial charge in [-0.2, -0.15) is 0 Å². The number of hydrogen-bond donors (Lipinski definition) is 1. The lowest BCUT2D eigenvalue weighted by molar-refractivity contribution is -0.122. The van der Waals surface area contributed by atoms with Crippen molar-refractivity contribution >= 4 is 23.4 Å². The highest BCUT2D eigenvalue weighted by atomic mass is 32.2. The fourth-order valence-electron chi connectivity index (χ4n) is 2.16. The number of nitrogens with one attached hydrogen (secondary N) is 1. The number of hydrogen-bond acceptors (Lipinski definition) is 3. The van der Waals surface area contributed by atoms with E-state index >= 15 is 0 Å². The van der Waals surface area contributed by atoms with Crippen LogP contribution in [-0.4, -0.2) is 18.3 Å². The van der Waals surface area contributed by atoms with E-state index < -0.39 is 6.10 Å². The Morgan fingerprint density at radius 3 is 2.59 bits per heavy atom. The molecule has 0 radical (unpaired) electrons. The Kier molecular flexibility index (Phi) is 5.50. The van der Waals surface area contributed by atoms with Gasteiger partial charge in [-0.05, 0) is 50.8 Å². The Labute approximate surface area is 136 Å². The minimum Gasteiger partial charge on any atom is -0.481 e. The van der Waals surface area contributed by atoms with Crippen molar-refractivity contribution in [1.29, 1.82) is 0 Å². The molecule has 0 aliphatic carbocycles. The third kappa shape index (κ3) is 4.04. The van der Waals surface area contributed by atoms with E-state index in [9.17, 15) is 4.79 Å². The fraction of sp³-hybridized carbons (Fsp3) is 0.278. The van der Waals surface area contributed by atoms with Crippen molar-refractivity contribution in [3.05, 3.63) is 53.6 Å². The summed E-state index contributed by atoms with van der Waals surface area (Å²) in [6.07, 6.45) is 1.43. The molecular weight excluding hydrogens is 294 g/mol. The first-order valence-electron chi connectivity index (χ1n) is 7.19. The molecule has 0 aliphatic heterocycles. The monoisotopic (exact) mass is 315 g/mol. The second-order valence-corrected chi connectivity index (χ2v) is 6.07. The van der Waals surface area contributed by atoms with Crippen molar-refractivity contribution in [2.75, 3.05) is 11.6 Å². The van der Waals surface area contributed by atoms with Gasteiger partial charge in [-0.3, -0.25) is 4.79 Å². The molecule has 1 amide bonds. The highest BCUT2D eigenvalue weighted by Gasteiger charge is 2.17. The molecule has 2 rings (SSSR count). The van der Waals surface area contributed by atoms with Crippen LogP contribution < -0.4 is 10.1 Å². The molecule has 0 spiro atoms. The molecule has 0 aromatic heterocycles. The first-order chi connectivity index (χ1) is 10.5. The number of benzene rings is 2. The fourth-order valence-corrected chi connectivity index (χ4v) is 2.71. The molecule has 0 saturated carbocycles. The molecule has 0 fully saturated rings. The molecule has 4 heteroatoms. The Morgan fingerprint density at radius 1 is 1.18 bits per heavy atom. The zero-order valence-corrected chi connectivity index (χ0v) is 14.2. The minimum atomic E-state index is -0.559. The summed E-state index contributed by atoms with van der Waals surface area (Å²) in [6.45, 7) is 5.78. The maximum absolute atomic E-state index is 12.3. The maximum atomic E-state index is 12.3. The van der Waals surface area contributed by atoms with Gasteiger partial charge in [0.2, 0.25) is 0 Å². The van der Waals surface area contributed by atoms with Gasteiger partial charge in [-0.25, -0.2) is 0 Å². The number of thioether (sulfide) groups is 1. The van der Waals surface area contributed by atoms with Crippen molar-refractivity contribution in [3.8, 4) is 5.75 Å². The molecule has 116 valence electrons. The smallest absolute Gasteiger partial charge is 0.265 e. The van der Waals surface area contributed by atoms with E-state index in [1.807, 2.05) is 62.6 Å². The molecule has 1 N–H and O–H groups in total. The van der Waals surface area contributed by atoms with Crippen LogP contribution in [0.1, 0.15) is 18.1 Å². The average Bonchev–Trinajstić information content (AvgIpc) is 2.50. The largest absolute Gasteiger partial charge is 0.481 e. The molecule has 0 heterocycles. The number of carbonyl (C=O) groups is 1. The van der Waals surface area contributed by atoms with Crippen molar-refractivity contribution < 1.29 is 9.53 Å². The van der Waals surface area contributed by atoms with Crippen molar-refractivity contribution in [3.63, 3.8) is 0 Å². The number of carbonyl (C=O) groups excluding carboxylic acids is 1. The number of aryl methyl sites for hydroxylation is 2. The van der Waals surface area contributed by atoms with Crippen LogP contribution in [0.25, 0.3) is 0 Å². The molecule has 22 heavy (non-hydrogen) atoms. The highest BCUT2D eigenvalue weighted by Crippen LogP contribution is 2.25. The molecule has 0 saturated heterocycles. The molecule has 2 aromatic carbocycles. The molecule has 2 aromatic rings. The molecule has 0 aliphatic rings. The third-order valence-corrected chi connectivity index (χ3v) is 4.16. The summed E-state index contributed by atoms with van der Waals surface area (Å²) in [5.41, 5.74) is 3.02. The van der Waals surface area contributed by atoms with Gasteiger partial charge in [0, 0.05) is 4.90 Å². The lowest BCUT2D eigenvalue weighted by Gasteiger charge is -2.17. The summed E-state index contributed by atoms with van der Waals surface area (Å²) in [5, 5.41) is 2.93. The van der Waals surface area contributed by atoms with E-state index in [-0.39, 0.29) is 5.91 Å². The van der Waals surface area contributed by atoms with Crippen molar-refractivity contribution in [2.24, 2.45) is 0 Å². The highest BCUT2D eigenvalue weighted by molar-refractivity contribution is 7.98. The maximum Gasteiger partial charge on any atom is 0.265 e. The van der Waals surface area contributed by atoms with Gasteiger partial charge in [0.15, 0.2) is 6.10 Å². The van der Waals surface area contributed by atoms with Crippen molar-refractivity contribution in [2.45, 2.75) is 31.8 Å². The van der Waals surface area contributed by atoms with Crippen LogP contribution in [0, 0.1) is 13.8 Å². The molecule has 0 bridgehead atoms. The molecule has 1 unspecified atom stereocenters. The molecular formula is C18H21NO2S. The average molecular weight is 315 g/mol. The Hall–Kier alpha value is -1.94. The number of anilines is 1. The van der Waals surface area contributed by atoms with E-state index in [0.29, 0.717) is 0 Å². The minimum absolute atomic E-state index is 0.151. The van der Waals surface area contributed by atoms with Gasteiger partial charge in [-0.15, -0.1) is 11.8 Å². The van der Waals surface area contributed by atoms with Gasteiger partial charge in [0.1, 0.15) is 5.75 Å². The van der Waals surface area contributed by atoms with E-state index in [0.717, 1.165) is 21.9 Å². The predicted molar refractivity (Wildman–Crippen MR) is 92.9 cm³/mol. The quantitative estimate of drug-likeness (QED) is 0.829. The van der Waals surface area contributed by atoms with Gasteiger partial charge >= 0.3 is 0 Å². The SMILES string of the molecule is CSc1ccccc1NC(=O)C(C)Oc1ccc(C)cc1C. The van der Waals surface area contributed by atoms with Crippen LogP contribution >= 0.6 is 11.8 Å². The van der Waals surface area contributed by atoms with E-state index in [2.05, 4.69) is 5.32 Å². The Balaban J connectivity index is 2.06. The van der Waals surface area contributed by atoms with E-state index in [1.165, 1.54) is 5.56 Å². The predicted octanol–water partition coefficient (Wildman–Crippen LogP) is 4.43. The van der Waals surface area contributed by atoms with Gasteiger partial charge in [-0.1, -0.05) is 29.8 Å². The third-order valence-electron chi connectivity index (χ3n) is 3.37. The summed E-state index contributed by atoms with van der Waals surface area (Å²) >= 11 is 1.60. The zero-order chi connectivity index (χ0) is 16.1. The lowest BCUT2D eigenvalue weighted by atomic mass is 10.1. The summed E-state index contributed by atoms with van der Waals surface area (Å²) < 4.78 is 5.79. The van der Waals surface area contributed by atoms with Crippen LogP contribution in [0.4, 0.5) is 5.69 Å². The van der Waals surface area contributed by atoms with Crippen LogP contribution in [0.2, 0.25) is 0 Å². The van der Waals surface area contributed by atoms with Crippen LogP contribution in [0.3, 0.4) is 0 Å². The number of ether oxygens (including phenoxy) is 1. The normalized spacial score (nSPS) is 11.8. The van der Waals surface area contributed by atoms with Crippen LogP contribution in [0.5, 0.6) is 5.75 Å². The second kappa shape index (κ2) is 7.36. The van der Waals surface area contributed by atoms with E-state index in [4.69, 9.17) is 4.74 Å². The molecule has 1 atom stereocenters. The molecule has 3 nitrogen and oxygen atoms in total. The zero-order valence-electron chi connectivity index (χ0n) is 13.3. The second-order valence-electron chi connectivity index (χ2n) is 5.22. The first-order valence-corrected chi connectivity index (χ1v) is 8.41. The van der Waals surface area contributed by atoms with Crippen molar-refractivity contribution in [1.82, 2.24) is 0 Å². The van der Waals surface area contributed by atoms with Crippen LogP contribution in [0.15, 0.2) is 47.4 Å². The summed E-state index contributed by atoms with van der Waals surface area (Å²) in [4.78, 5) is 13.4. The first kappa shape index (κ1) is 16.4. The lowest BCUT2D eigenvalue weighted by Crippen LogP contribution is -2.30. The van der Waals surface area contributed by atoms with Gasteiger partial charge in [0.05, 0.1) is 5.69 Å². The summed E-state index contributed by atoms with van der Waals surface area (Å²) in [5.74, 6) is 0.591. The Bertz CT molecular complexity index is 670. The topological polar surface area (TPSA) is 38.3 Å². The Morgan fingerprint density at radius 2 is 1.91 bits per heavy atom. The standard InChI is InChI=1S/C18H21NO2S/c1-12-9-10-16(13(2)11-12)21-14(3)18(20)19-15-7-5-6-8-17(15)22-4/h5-11,14H,1-4H3,(H,19,20). The van der Waals surface area contributed by atoms with Gasteiger partial charge < -0.3 is 10.1 Å². The summed E-state index contributed by atoms with van der Waals surface area (Å²) in [6, 6.07) is 13.7. The number of amides is 1. The summed E-state index contributed by atoms with van der Waals surface area (Å²) in [7, 11) is 0. The number of rotatable bonds is 5. The van der Waals surface area contributed by atoms with E-state index in [1.54, 1.807) is 18.7 Å². The van der Waals surface area contributed by atoms with Gasteiger partial charge in [0.25, 0.3) is 5.91 Å². The number of para-hydroxylation sites is 1. The van der Waals surface area contributed by atoms with Crippen LogP contribution in [-0.2, 0) is 4.79 Å².